The second kappa shape index (κ2) is 5.99. The van der Waals surface area contributed by atoms with E-state index in [1.165, 1.54) is 0 Å². The van der Waals surface area contributed by atoms with E-state index < -0.39 is 18.0 Å². The number of carboxylic acid groups (broad SMARTS) is 1. The molecule has 6 heteroatoms. The molecule has 6 nitrogen and oxygen atoms in total. The second-order valence-corrected chi connectivity index (χ2v) is 2.31. The average molecular weight is 189 g/mol. The van der Waals surface area contributed by atoms with E-state index in [-0.39, 0.29) is 13.0 Å². The van der Waals surface area contributed by atoms with Gasteiger partial charge in [0.2, 0.25) is 0 Å². The van der Waals surface area contributed by atoms with Gasteiger partial charge in [-0.2, -0.15) is 0 Å². The molecule has 2 N–H and O–H groups in total. The van der Waals surface area contributed by atoms with E-state index in [0.717, 1.165) is 6.92 Å². The molecule has 13 heavy (non-hydrogen) atoms. The van der Waals surface area contributed by atoms with Crippen LogP contribution < -0.4 is 5.32 Å². The lowest BCUT2D eigenvalue weighted by molar-refractivity contribution is -0.137. The first-order valence-electron chi connectivity index (χ1n) is 3.70. The van der Waals surface area contributed by atoms with Crippen LogP contribution in [-0.2, 0) is 14.3 Å². The smallest absolute Gasteiger partial charge is 0.414 e. The zero-order chi connectivity index (χ0) is 10.3. The van der Waals surface area contributed by atoms with Crippen molar-refractivity contribution in [2.45, 2.75) is 19.8 Å². The van der Waals surface area contributed by atoms with Crippen LogP contribution in [0, 0.1) is 0 Å². The van der Waals surface area contributed by atoms with Gasteiger partial charge in [0.15, 0.2) is 0 Å². The van der Waals surface area contributed by atoms with Crippen LogP contribution in [0.5, 0.6) is 0 Å². The molecule has 0 aromatic heterocycles. The number of carbonyl (C=O) groups is 3. The van der Waals surface area contributed by atoms with Crippen LogP contribution in [0.25, 0.3) is 0 Å². The number of carboxylic acids is 1. The number of carbonyl (C=O) groups excluding carboxylic acids is 2. The fourth-order valence-corrected chi connectivity index (χ4v) is 0.597. The minimum Gasteiger partial charge on any atom is -0.481 e. The highest BCUT2D eigenvalue weighted by Crippen LogP contribution is 1.87. The van der Waals surface area contributed by atoms with Crippen molar-refractivity contribution in [1.29, 1.82) is 0 Å². The summed E-state index contributed by atoms with van der Waals surface area (Å²) < 4.78 is 4.12. The lowest BCUT2D eigenvalue weighted by Gasteiger charge is -2.01. The van der Waals surface area contributed by atoms with Crippen molar-refractivity contribution >= 4 is 18.0 Å². The van der Waals surface area contributed by atoms with E-state index >= 15 is 0 Å². The van der Waals surface area contributed by atoms with Crippen LogP contribution in [0.4, 0.5) is 4.79 Å². The maximum absolute atomic E-state index is 10.6. The molecule has 0 saturated carbocycles. The van der Waals surface area contributed by atoms with E-state index in [4.69, 9.17) is 5.11 Å². The summed E-state index contributed by atoms with van der Waals surface area (Å²) in [7, 11) is 0. The van der Waals surface area contributed by atoms with E-state index in [1.807, 2.05) is 0 Å². The number of amides is 1. The first kappa shape index (κ1) is 11.4. The molecule has 0 aliphatic rings. The molecule has 0 aromatic rings. The van der Waals surface area contributed by atoms with E-state index in [2.05, 4.69) is 10.1 Å². The maximum Gasteiger partial charge on any atom is 0.414 e. The monoisotopic (exact) mass is 189 g/mol. The molecule has 0 rings (SSSR count). The summed E-state index contributed by atoms with van der Waals surface area (Å²) in [5, 5.41) is 10.5. The third-order valence-corrected chi connectivity index (χ3v) is 1.07. The fourth-order valence-electron chi connectivity index (χ4n) is 0.597. The van der Waals surface area contributed by atoms with Crippen molar-refractivity contribution in [2.24, 2.45) is 0 Å². The quantitative estimate of drug-likeness (QED) is 0.372. The Morgan fingerprint density at radius 2 is 2.00 bits per heavy atom. The number of nitrogens with one attached hydrogen (secondary N) is 1. The van der Waals surface area contributed by atoms with Crippen molar-refractivity contribution in [3.8, 4) is 0 Å². The fraction of sp³-hybridized carbons (Fsp3) is 0.571. The summed E-state index contributed by atoms with van der Waals surface area (Å²) in [6, 6.07) is 0. The molecule has 0 fully saturated rings. The summed E-state index contributed by atoms with van der Waals surface area (Å²) in [5.41, 5.74) is 0. The molecule has 0 bridgehead atoms. The summed E-state index contributed by atoms with van der Waals surface area (Å²) in [5.74, 6) is -1.63. The summed E-state index contributed by atoms with van der Waals surface area (Å²) in [4.78, 5) is 30.8. The van der Waals surface area contributed by atoms with Crippen molar-refractivity contribution in [3.63, 3.8) is 0 Å². The molecule has 0 radical (unpaired) electrons. The Labute approximate surface area is 74.9 Å². The largest absolute Gasteiger partial charge is 0.481 e. The van der Waals surface area contributed by atoms with Gasteiger partial charge >= 0.3 is 18.0 Å². The maximum atomic E-state index is 10.6. The lowest BCUT2D eigenvalue weighted by Crippen LogP contribution is -2.27. The molecule has 0 saturated heterocycles. The number of esters is 1. The zero-order valence-electron chi connectivity index (χ0n) is 7.20. The Bertz CT molecular complexity index is 213. The highest BCUT2D eigenvalue weighted by molar-refractivity contribution is 5.82. The minimum atomic E-state index is -0.929. The molecule has 0 atom stereocenters. The van der Waals surface area contributed by atoms with Gasteiger partial charge in [-0.25, -0.2) is 4.79 Å². The van der Waals surface area contributed by atoms with Crippen molar-refractivity contribution in [1.82, 2.24) is 5.32 Å². The zero-order valence-corrected chi connectivity index (χ0v) is 7.20. The van der Waals surface area contributed by atoms with Gasteiger partial charge in [0.1, 0.15) is 0 Å². The van der Waals surface area contributed by atoms with Crippen LogP contribution in [0.3, 0.4) is 0 Å². The van der Waals surface area contributed by atoms with E-state index in [9.17, 15) is 14.4 Å². The van der Waals surface area contributed by atoms with Gasteiger partial charge in [-0.1, -0.05) is 0 Å². The van der Waals surface area contributed by atoms with E-state index in [1.54, 1.807) is 0 Å². The molecule has 0 aliphatic heterocycles. The summed E-state index contributed by atoms with van der Waals surface area (Å²) in [6.45, 7) is 1.29. The molecule has 0 unspecified atom stereocenters. The number of aliphatic carboxylic acids is 1. The third kappa shape index (κ3) is 8.32. The number of rotatable bonds is 4. The standard InChI is InChI=1S/C7H11NO5/c1-5(9)13-7(12)8-4-2-3-6(10)11/h2-4H2,1H3,(H,8,12)(H,10,11). The number of hydrogen-bond acceptors (Lipinski definition) is 4. The number of hydrogen-bond donors (Lipinski definition) is 2. The number of alkyl carbamates (subject to hydrolysis) is 1. The lowest BCUT2D eigenvalue weighted by atomic mass is 10.3. The van der Waals surface area contributed by atoms with E-state index in [0.29, 0.717) is 6.42 Å². The molecular weight excluding hydrogens is 178 g/mol. The predicted octanol–water partition coefficient (Wildman–Crippen LogP) is 0.124. The molecule has 0 spiro atoms. The molecular formula is C7H11NO5. The Morgan fingerprint density at radius 1 is 1.38 bits per heavy atom. The molecule has 0 aromatic carbocycles. The van der Waals surface area contributed by atoms with Crippen molar-refractivity contribution < 1.29 is 24.2 Å². The Morgan fingerprint density at radius 3 is 2.46 bits per heavy atom. The highest BCUT2D eigenvalue weighted by atomic mass is 16.6. The molecule has 1 amide bonds. The molecule has 0 aliphatic carbocycles. The van der Waals surface area contributed by atoms with Gasteiger partial charge in [0, 0.05) is 19.9 Å². The van der Waals surface area contributed by atoms with Crippen LogP contribution in [0.2, 0.25) is 0 Å². The van der Waals surface area contributed by atoms with Crippen LogP contribution >= 0.6 is 0 Å². The Kier molecular flexibility index (Phi) is 5.25. The summed E-state index contributed by atoms with van der Waals surface area (Å²) >= 11 is 0. The normalized spacial score (nSPS) is 9.00. The number of ether oxygens (including phenoxy) is 1. The van der Waals surface area contributed by atoms with Crippen molar-refractivity contribution in [3.05, 3.63) is 0 Å². The molecule has 0 heterocycles. The van der Waals surface area contributed by atoms with Gasteiger partial charge in [-0.15, -0.1) is 0 Å². The molecule has 74 valence electrons. The highest BCUT2D eigenvalue weighted by Gasteiger charge is 2.04. The van der Waals surface area contributed by atoms with Gasteiger partial charge in [0.05, 0.1) is 0 Å². The summed E-state index contributed by atoms with van der Waals surface area (Å²) in [6.07, 6.45) is -0.569. The van der Waals surface area contributed by atoms with Crippen LogP contribution in [0.15, 0.2) is 0 Å². The van der Waals surface area contributed by atoms with Gasteiger partial charge in [0.25, 0.3) is 0 Å². The Hall–Kier alpha value is -1.59. The predicted molar refractivity (Wildman–Crippen MR) is 42.0 cm³/mol. The van der Waals surface area contributed by atoms with Crippen LogP contribution in [-0.4, -0.2) is 29.7 Å². The first-order chi connectivity index (χ1) is 6.02. The first-order valence-corrected chi connectivity index (χ1v) is 3.70. The Balaban J connectivity index is 3.37. The SMILES string of the molecule is CC(=O)OC(=O)NCCCC(=O)O. The van der Waals surface area contributed by atoms with Crippen molar-refractivity contribution in [2.75, 3.05) is 6.54 Å². The van der Waals surface area contributed by atoms with Gasteiger partial charge in [-0.05, 0) is 6.42 Å². The van der Waals surface area contributed by atoms with Crippen LogP contribution in [0.1, 0.15) is 19.8 Å². The van der Waals surface area contributed by atoms with Gasteiger partial charge in [-0.3, -0.25) is 9.59 Å². The topological polar surface area (TPSA) is 92.7 Å². The van der Waals surface area contributed by atoms with Gasteiger partial charge < -0.3 is 15.2 Å². The second-order valence-electron chi connectivity index (χ2n) is 2.31. The minimum absolute atomic E-state index is 0.0274. The average Bonchev–Trinajstić information content (AvgIpc) is 1.96. The third-order valence-electron chi connectivity index (χ3n) is 1.07.